The lowest BCUT2D eigenvalue weighted by atomic mass is 10.2. The number of amidine groups is 1. The number of oxime groups is 1. The number of hydrogen-bond donors (Lipinski definition) is 2. The number of rotatable bonds is 3. The molecule has 0 aliphatic heterocycles. The van der Waals surface area contributed by atoms with Crippen molar-refractivity contribution in [2.45, 2.75) is 31.0 Å². The van der Waals surface area contributed by atoms with E-state index >= 15 is 0 Å². The van der Waals surface area contributed by atoms with Gasteiger partial charge in [-0.25, -0.2) is 15.0 Å². The lowest BCUT2D eigenvalue weighted by Gasteiger charge is -2.06. The Bertz CT molecular complexity index is 631. The minimum absolute atomic E-state index is 0.0346. The Balaban J connectivity index is 2.22. The molecule has 2 aromatic rings. The van der Waals surface area contributed by atoms with Crippen molar-refractivity contribution >= 4 is 17.6 Å². The lowest BCUT2D eigenvalue weighted by Crippen LogP contribution is -2.13. The van der Waals surface area contributed by atoms with Crippen LogP contribution in [0.4, 0.5) is 0 Å². The SMILES string of the molecule is Cc1nc(Sc2ccc(C(N)=NO)cn2)nc(C)c1C. The van der Waals surface area contributed by atoms with E-state index in [1.807, 2.05) is 20.8 Å². The minimum atomic E-state index is 0.0346. The Morgan fingerprint density at radius 1 is 1.20 bits per heavy atom. The van der Waals surface area contributed by atoms with Crippen molar-refractivity contribution in [2.75, 3.05) is 0 Å². The van der Waals surface area contributed by atoms with Crippen LogP contribution in [0.5, 0.6) is 0 Å². The molecule has 2 rings (SSSR count). The van der Waals surface area contributed by atoms with Crippen molar-refractivity contribution in [3.63, 3.8) is 0 Å². The van der Waals surface area contributed by atoms with Crippen molar-refractivity contribution < 1.29 is 5.21 Å². The van der Waals surface area contributed by atoms with Crippen molar-refractivity contribution in [1.29, 1.82) is 0 Å². The van der Waals surface area contributed by atoms with Crippen LogP contribution < -0.4 is 5.73 Å². The molecule has 0 aliphatic rings. The Hall–Kier alpha value is -2.15. The average Bonchev–Trinajstić information content (AvgIpc) is 2.44. The fraction of sp³-hybridized carbons (Fsp3) is 0.231. The zero-order valence-electron chi connectivity index (χ0n) is 11.5. The predicted molar refractivity (Wildman–Crippen MR) is 77.1 cm³/mol. The van der Waals surface area contributed by atoms with Gasteiger partial charge in [0.25, 0.3) is 0 Å². The summed E-state index contributed by atoms with van der Waals surface area (Å²) in [6.07, 6.45) is 1.55. The van der Waals surface area contributed by atoms with Gasteiger partial charge in [0.2, 0.25) is 0 Å². The molecule has 0 atom stereocenters. The Labute approximate surface area is 121 Å². The van der Waals surface area contributed by atoms with Crippen molar-refractivity contribution in [3.8, 4) is 0 Å². The molecule has 0 aromatic carbocycles. The van der Waals surface area contributed by atoms with Crippen LogP contribution in [0.15, 0.2) is 33.7 Å². The van der Waals surface area contributed by atoms with E-state index in [0.717, 1.165) is 22.0 Å². The maximum absolute atomic E-state index is 8.59. The maximum Gasteiger partial charge on any atom is 0.194 e. The Kier molecular flexibility index (Phi) is 4.19. The van der Waals surface area contributed by atoms with Gasteiger partial charge in [0.15, 0.2) is 11.0 Å². The summed E-state index contributed by atoms with van der Waals surface area (Å²) < 4.78 is 0. The third-order valence-electron chi connectivity index (χ3n) is 2.95. The number of pyridine rings is 1. The first-order valence-electron chi connectivity index (χ1n) is 5.95. The summed E-state index contributed by atoms with van der Waals surface area (Å²) in [6, 6.07) is 3.52. The Morgan fingerprint density at radius 3 is 2.35 bits per heavy atom. The second-order valence-electron chi connectivity index (χ2n) is 4.27. The van der Waals surface area contributed by atoms with Gasteiger partial charge in [-0.15, -0.1) is 0 Å². The highest BCUT2D eigenvalue weighted by Gasteiger charge is 2.08. The number of aromatic nitrogens is 3. The summed E-state index contributed by atoms with van der Waals surface area (Å²) in [5.41, 5.74) is 9.08. The van der Waals surface area contributed by atoms with E-state index < -0.39 is 0 Å². The second-order valence-corrected chi connectivity index (χ2v) is 5.26. The second kappa shape index (κ2) is 5.87. The van der Waals surface area contributed by atoms with Crippen LogP contribution in [-0.4, -0.2) is 26.0 Å². The zero-order chi connectivity index (χ0) is 14.7. The third kappa shape index (κ3) is 3.05. The van der Waals surface area contributed by atoms with Crippen LogP contribution in [0.3, 0.4) is 0 Å². The monoisotopic (exact) mass is 289 g/mol. The van der Waals surface area contributed by atoms with Gasteiger partial charge < -0.3 is 10.9 Å². The highest BCUT2D eigenvalue weighted by atomic mass is 32.2. The minimum Gasteiger partial charge on any atom is -0.409 e. The predicted octanol–water partition coefficient (Wildman–Crippen LogP) is 2.04. The number of aryl methyl sites for hydroxylation is 2. The molecule has 0 spiro atoms. The van der Waals surface area contributed by atoms with Crippen LogP contribution in [0.25, 0.3) is 0 Å². The van der Waals surface area contributed by atoms with Gasteiger partial charge in [-0.2, -0.15) is 0 Å². The fourth-order valence-electron chi connectivity index (χ4n) is 1.53. The number of nitrogens with two attached hydrogens (primary N) is 1. The van der Waals surface area contributed by atoms with Crippen LogP contribution >= 0.6 is 11.8 Å². The molecular weight excluding hydrogens is 274 g/mol. The van der Waals surface area contributed by atoms with E-state index in [1.165, 1.54) is 11.8 Å². The molecule has 7 heteroatoms. The highest BCUT2D eigenvalue weighted by molar-refractivity contribution is 7.99. The molecule has 2 heterocycles. The molecule has 0 amide bonds. The molecule has 104 valence electrons. The largest absolute Gasteiger partial charge is 0.409 e. The van der Waals surface area contributed by atoms with Gasteiger partial charge in [-0.05, 0) is 50.2 Å². The molecule has 0 aliphatic carbocycles. The highest BCUT2D eigenvalue weighted by Crippen LogP contribution is 2.24. The summed E-state index contributed by atoms with van der Waals surface area (Å²) in [7, 11) is 0. The summed E-state index contributed by atoms with van der Waals surface area (Å²) in [6.45, 7) is 5.93. The third-order valence-corrected chi connectivity index (χ3v) is 3.76. The van der Waals surface area contributed by atoms with Crippen molar-refractivity contribution in [1.82, 2.24) is 15.0 Å². The summed E-state index contributed by atoms with van der Waals surface area (Å²) in [4.78, 5) is 13.1. The molecule has 0 bridgehead atoms. The lowest BCUT2D eigenvalue weighted by molar-refractivity contribution is 0.318. The standard InChI is InChI=1S/C13H15N5OS/c1-7-8(2)16-13(17-9(7)3)20-11-5-4-10(6-15-11)12(14)18-19/h4-6,19H,1-3H3,(H2,14,18). The zero-order valence-corrected chi connectivity index (χ0v) is 12.3. The molecule has 0 saturated carbocycles. The molecule has 0 radical (unpaired) electrons. The van der Waals surface area contributed by atoms with Crippen LogP contribution in [0.1, 0.15) is 22.5 Å². The summed E-state index contributed by atoms with van der Waals surface area (Å²) in [5, 5.41) is 12.9. The van der Waals surface area contributed by atoms with E-state index in [0.29, 0.717) is 10.7 Å². The first kappa shape index (κ1) is 14.3. The first-order chi connectivity index (χ1) is 9.51. The quantitative estimate of drug-likeness (QED) is 0.295. The molecule has 2 aromatic heterocycles. The maximum atomic E-state index is 8.59. The van der Waals surface area contributed by atoms with Crippen LogP contribution in [0.2, 0.25) is 0 Å². The molecule has 3 N–H and O–H groups in total. The molecule has 6 nitrogen and oxygen atoms in total. The van der Waals surface area contributed by atoms with E-state index in [-0.39, 0.29) is 5.84 Å². The van der Waals surface area contributed by atoms with Crippen molar-refractivity contribution in [2.24, 2.45) is 10.9 Å². The molecule has 20 heavy (non-hydrogen) atoms. The number of hydrogen-bond acceptors (Lipinski definition) is 6. The van der Waals surface area contributed by atoms with E-state index in [2.05, 4.69) is 20.1 Å². The van der Waals surface area contributed by atoms with E-state index in [9.17, 15) is 0 Å². The summed E-state index contributed by atoms with van der Waals surface area (Å²) in [5.74, 6) is 0.0346. The van der Waals surface area contributed by atoms with Gasteiger partial charge in [-0.1, -0.05) is 5.16 Å². The molecule has 0 unspecified atom stereocenters. The first-order valence-corrected chi connectivity index (χ1v) is 6.76. The smallest absolute Gasteiger partial charge is 0.194 e. The van der Waals surface area contributed by atoms with E-state index in [4.69, 9.17) is 10.9 Å². The summed E-state index contributed by atoms with van der Waals surface area (Å²) >= 11 is 1.38. The van der Waals surface area contributed by atoms with Gasteiger partial charge in [0.1, 0.15) is 5.03 Å². The normalized spacial score (nSPS) is 11.7. The van der Waals surface area contributed by atoms with Gasteiger partial charge in [0.05, 0.1) is 0 Å². The van der Waals surface area contributed by atoms with Crippen molar-refractivity contribution in [3.05, 3.63) is 40.8 Å². The van der Waals surface area contributed by atoms with Gasteiger partial charge >= 0.3 is 0 Å². The number of nitrogens with zero attached hydrogens (tertiary/aromatic N) is 4. The topological polar surface area (TPSA) is 97.3 Å². The molecular formula is C13H15N5OS. The van der Waals surface area contributed by atoms with Gasteiger partial charge in [0, 0.05) is 23.1 Å². The van der Waals surface area contributed by atoms with Gasteiger partial charge in [-0.3, -0.25) is 0 Å². The van der Waals surface area contributed by atoms with Crippen LogP contribution in [-0.2, 0) is 0 Å². The molecule has 0 fully saturated rings. The molecule has 0 saturated heterocycles. The Morgan fingerprint density at radius 2 is 1.85 bits per heavy atom. The fourth-order valence-corrected chi connectivity index (χ4v) is 2.32. The average molecular weight is 289 g/mol. The van der Waals surface area contributed by atoms with Crippen LogP contribution in [0, 0.1) is 20.8 Å². The van der Waals surface area contributed by atoms with E-state index in [1.54, 1.807) is 18.3 Å².